The second kappa shape index (κ2) is 5.28. The molecule has 2 aliphatic rings. The fraction of sp³-hybridized carbons (Fsp3) is 0.250. The van der Waals surface area contributed by atoms with E-state index in [0.717, 1.165) is 5.56 Å². The number of Topliss-reactive ketones (excluding diaryl/α,β-unsaturated/α-hetero) is 1. The molecule has 25 heavy (non-hydrogen) atoms. The van der Waals surface area contributed by atoms with Gasteiger partial charge in [-0.25, -0.2) is 0 Å². The van der Waals surface area contributed by atoms with Gasteiger partial charge in [0.05, 0.1) is 11.5 Å². The van der Waals surface area contributed by atoms with Crippen LogP contribution in [0.3, 0.4) is 0 Å². The summed E-state index contributed by atoms with van der Waals surface area (Å²) in [4.78, 5) is 12.8. The van der Waals surface area contributed by atoms with Gasteiger partial charge in [-0.3, -0.25) is 4.79 Å². The lowest BCUT2D eigenvalue weighted by Crippen LogP contribution is -2.28. The third-order valence-electron chi connectivity index (χ3n) is 4.52. The van der Waals surface area contributed by atoms with Crippen LogP contribution in [0, 0.1) is 0 Å². The summed E-state index contributed by atoms with van der Waals surface area (Å²) in [7, 11) is 0. The van der Waals surface area contributed by atoms with E-state index in [-0.39, 0.29) is 23.9 Å². The van der Waals surface area contributed by atoms with Crippen LogP contribution < -0.4 is 9.47 Å². The number of benzene rings is 2. The normalized spacial score (nSPS) is 20.2. The molecule has 0 bridgehead atoms. The Bertz CT molecular complexity index is 911. The van der Waals surface area contributed by atoms with Gasteiger partial charge in [0.15, 0.2) is 5.78 Å². The van der Waals surface area contributed by atoms with E-state index in [9.17, 15) is 15.0 Å². The third kappa shape index (κ3) is 2.61. The van der Waals surface area contributed by atoms with Crippen LogP contribution in [0.25, 0.3) is 6.08 Å². The number of fused-ring (bicyclic) bond motifs is 2. The lowest BCUT2D eigenvalue weighted by molar-refractivity contribution is 0.0893. The van der Waals surface area contributed by atoms with E-state index in [1.165, 1.54) is 12.1 Å². The minimum atomic E-state index is -0.606. The Morgan fingerprint density at radius 1 is 1.12 bits per heavy atom. The van der Waals surface area contributed by atoms with Crippen molar-refractivity contribution in [3.05, 3.63) is 53.1 Å². The van der Waals surface area contributed by atoms with Crippen LogP contribution in [0.4, 0.5) is 0 Å². The molecule has 2 heterocycles. The fourth-order valence-electron chi connectivity index (χ4n) is 3.21. The highest BCUT2D eigenvalue weighted by molar-refractivity contribution is 6.04. The topological polar surface area (TPSA) is 76.0 Å². The summed E-state index contributed by atoms with van der Waals surface area (Å²) in [5.74, 6) is 0.260. The molecule has 0 fully saturated rings. The average molecular weight is 338 g/mol. The highest BCUT2D eigenvalue weighted by Gasteiger charge is 2.33. The molecule has 2 aliphatic heterocycles. The lowest BCUT2D eigenvalue weighted by Gasteiger charge is -2.30. The maximum atomic E-state index is 12.8. The summed E-state index contributed by atoms with van der Waals surface area (Å²) in [5.41, 5.74) is 1.29. The first-order valence-corrected chi connectivity index (χ1v) is 8.09. The van der Waals surface area contributed by atoms with Gasteiger partial charge in [0, 0.05) is 23.3 Å². The Labute approximate surface area is 145 Å². The Morgan fingerprint density at radius 3 is 2.72 bits per heavy atom. The minimum Gasteiger partial charge on any atom is -0.508 e. The number of rotatable bonds is 1. The van der Waals surface area contributed by atoms with Crippen LogP contribution in [0.2, 0.25) is 0 Å². The van der Waals surface area contributed by atoms with Crippen LogP contribution in [0.5, 0.6) is 23.0 Å². The molecule has 2 aromatic carbocycles. The number of hydrogen-bond acceptors (Lipinski definition) is 5. The molecule has 1 atom stereocenters. The average Bonchev–Trinajstić information content (AvgIpc) is 2.54. The molecule has 5 nitrogen and oxygen atoms in total. The quantitative estimate of drug-likeness (QED) is 0.830. The molecule has 0 saturated heterocycles. The molecule has 2 N–H and O–H groups in total. The summed E-state index contributed by atoms with van der Waals surface area (Å²) in [6.45, 7) is 3.97. The number of hydrogen-bond donors (Lipinski definition) is 2. The number of aromatic hydroxyl groups is 2. The maximum absolute atomic E-state index is 12.8. The van der Waals surface area contributed by atoms with Crippen molar-refractivity contribution in [2.45, 2.75) is 25.4 Å². The summed E-state index contributed by atoms with van der Waals surface area (Å²) < 4.78 is 11.5. The number of carbonyl (C=O) groups is 1. The predicted molar refractivity (Wildman–Crippen MR) is 92.5 cm³/mol. The first-order chi connectivity index (χ1) is 11.8. The van der Waals surface area contributed by atoms with Crippen molar-refractivity contribution in [2.75, 3.05) is 6.61 Å². The van der Waals surface area contributed by atoms with E-state index in [2.05, 4.69) is 0 Å². The highest BCUT2D eigenvalue weighted by Crippen LogP contribution is 2.41. The third-order valence-corrected chi connectivity index (χ3v) is 4.52. The SMILES string of the molecule is CC1(C)C=Cc2cc(C3COc4cc(O)ccc4C3=O)c(O)cc2O1. The van der Waals surface area contributed by atoms with E-state index >= 15 is 0 Å². The molecule has 2 aromatic rings. The Morgan fingerprint density at radius 2 is 1.92 bits per heavy atom. The number of ether oxygens (including phenoxy) is 2. The summed E-state index contributed by atoms with van der Waals surface area (Å²) in [5, 5.41) is 20.0. The van der Waals surface area contributed by atoms with Gasteiger partial charge in [0.2, 0.25) is 0 Å². The van der Waals surface area contributed by atoms with Gasteiger partial charge in [0.25, 0.3) is 0 Å². The van der Waals surface area contributed by atoms with Crippen molar-refractivity contribution in [3.63, 3.8) is 0 Å². The van der Waals surface area contributed by atoms with Gasteiger partial charge in [-0.05, 0) is 38.1 Å². The Kier molecular flexibility index (Phi) is 3.29. The molecule has 0 aromatic heterocycles. The van der Waals surface area contributed by atoms with Crippen molar-refractivity contribution in [2.24, 2.45) is 0 Å². The van der Waals surface area contributed by atoms with Gasteiger partial charge < -0.3 is 19.7 Å². The Hall–Kier alpha value is -2.95. The smallest absolute Gasteiger partial charge is 0.177 e. The zero-order chi connectivity index (χ0) is 17.8. The van der Waals surface area contributed by atoms with E-state index in [1.54, 1.807) is 18.2 Å². The molecule has 0 spiro atoms. The van der Waals surface area contributed by atoms with Crippen LogP contribution in [0.1, 0.15) is 41.3 Å². The molecule has 5 heteroatoms. The van der Waals surface area contributed by atoms with Crippen molar-refractivity contribution < 1.29 is 24.5 Å². The molecule has 0 aliphatic carbocycles. The zero-order valence-electron chi connectivity index (χ0n) is 13.9. The molecule has 0 amide bonds. The molecule has 1 unspecified atom stereocenters. The first kappa shape index (κ1) is 15.6. The number of carbonyl (C=O) groups excluding carboxylic acids is 1. The van der Waals surface area contributed by atoms with Gasteiger partial charge in [-0.1, -0.05) is 6.08 Å². The van der Waals surface area contributed by atoms with Gasteiger partial charge in [-0.2, -0.15) is 0 Å². The van der Waals surface area contributed by atoms with E-state index < -0.39 is 11.5 Å². The fourth-order valence-corrected chi connectivity index (χ4v) is 3.21. The molecule has 0 radical (unpaired) electrons. The van der Waals surface area contributed by atoms with E-state index in [1.807, 2.05) is 26.0 Å². The molecule has 4 rings (SSSR count). The molecular weight excluding hydrogens is 320 g/mol. The zero-order valence-corrected chi connectivity index (χ0v) is 13.9. The summed E-state index contributed by atoms with van der Waals surface area (Å²) in [6, 6.07) is 7.74. The maximum Gasteiger partial charge on any atom is 0.177 e. The van der Waals surface area contributed by atoms with Gasteiger partial charge in [-0.15, -0.1) is 0 Å². The van der Waals surface area contributed by atoms with Crippen molar-refractivity contribution >= 4 is 11.9 Å². The second-order valence-corrected chi connectivity index (χ2v) is 6.90. The van der Waals surface area contributed by atoms with Crippen LogP contribution >= 0.6 is 0 Å². The number of phenolic OH excluding ortho intramolecular Hbond substituents is 2. The van der Waals surface area contributed by atoms with Crippen molar-refractivity contribution in [3.8, 4) is 23.0 Å². The second-order valence-electron chi connectivity index (χ2n) is 6.90. The highest BCUT2D eigenvalue weighted by atomic mass is 16.5. The van der Waals surface area contributed by atoms with E-state index in [4.69, 9.17) is 9.47 Å². The number of ketones is 1. The van der Waals surface area contributed by atoms with Gasteiger partial charge in [0.1, 0.15) is 35.2 Å². The minimum absolute atomic E-state index is 0.00836. The standard InChI is InChI=1S/C20H18O5/c1-20(2)6-5-11-7-14(16(22)9-17(11)25-20)15-10-24-18-8-12(21)3-4-13(18)19(15)23/h3-9,15,21-22H,10H2,1-2H3. The van der Waals surface area contributed by atoms with Crippen molar-refractivity contribution in [1.29, 1.82) is 0 Å². The van der Waals surface area contributed by atoms with E-state index in [0.29, 0.717) is 22.6 Å². The molecule has 0 saturated carbocycles. The monoisotopic (exact) mass is 338 g/mol. The van der Waals surface area contributed by atoms with Crippen LogP contribution in [0.15, 0.2) is 36.4 Å². The van der Waals surface area contributed by atoms with Crippen molar-refractivity contribution in [1.82, 2.24) is 0 Å². The summed E-state index contributed by atoms with van der Waals surface area (Å²) in [6.07, 6.45) is 3.87. The van der Waals surface area contributed by atoms with Crippen LogP contribution in [-0.4, -0.2) is 28.2 Å². The summed E-state index contributed by atoms with van der Waals surface area (Å²) >= 11 is 0. The first-order valence-electron chi connectivity index (χ1n) is 8.09. The van der Waals surface area contributed by atoms with Crippen LogP contribution in [-0.2, 0) is 0 Å². The predicted octanol–water partition coefficient (Wildman–Crippen LogP) is 3.64. The largest absolute Gasteiger partial charge is 0.508 e. The molecule has 128 valence electrons. The Balaban J connectivity index is 1.74. The number of phenols is 2. The lowest BCUT2D eigenvalue weighted by atomic mass is 9.87. The molecular formula is C20H18O5. The van der Waals surface area contributed by atoms with Gasteiger partial charge >= 0.3 is 0 Å².